The van der Waals surface area contributed by atoms with E-state index in [1.807, 2.05) is 68.5 Å². The molecule has 0 aliphatic heterocycles. The third-order valence-corrected chi connectivity index (χ3v) is 2.96. The lowest BCUT2D eigenvalue weighted by Crippen LogP contribution is -2.24. The molecular formula is C17H18N2O. The number of carbonyl (C=O) groups is 1. The molecule has 102 valence electrons. The minimum atomic E-state index is -0.248. The van der Waals surface area contributed by atoms with Crippen molar-refractivity contribution >= 4 is 17.8 Å². The maximum atomic E-state index is 11.7. The standard InChI is InChI=1S/C17H18N2O/c1-13-7-9-15(10-8-13)11-12-18-17(20)19-16-6-4-3-5-14(16)2/h3-12H,1-2H3,(H2,18,19,20)/b12-11+. The Morgan fingerprint density at radius 3 is 2.40 bits per heavy atom. The number of para-hydroxylation sites is 1. The first-order valence-electron chi connectivity index (χ1n) is 6.51. The molecule has 0 heterocycles. The molecular weight excluding hydrogens is 248 g/mol. The Morgan fingerprint density at radius 2 is 1.70 bits per heavy atom. The molecule has 0 aliphatic rings. The first kappa shape index (κ1) is 13.9. The number of aryl methyl sites for hydroxylation is 2. The number of carbonyl (C=O) groups excluding carboxylic acids is 1. The van der Waals surface area contributed by atoms with Gasteiger partial charge in [0.25, 0.3) is 0 Å². The van der Waals surface area contributed by atoms with E-state index in [1.165, 1.54) is 5.56 Å². The van der Waals surface area contributed by atoms with Gasteiger partial charge in [-0.2, -0.15) is 0 Å². The van der Waals surface area contributed by atoms with Crippen molar-refractivity contribution in [3.8, 4) is 0 Å². The second-order valence-corrected chi connectivity index (χ2v) is 4.66. The second-order valence-electron chi connectivity index (χ2n) is 4.66. The van der Waals surface area contributed by atoms with Crippen molar-refractivity contribution in [1.29, 1.82) is 0 Å². The van der Waals surface area contributed by atoms with E-state index in [0.717, 1.165) is 16.8 Å². The predicted octanol–water partition coefficient (Wildman–Crippen LogP) is 4.10. The SMILES string of the molecule is Cc1ccc(/C=C/NC(=O)Nc2ccccc2C)cc1. The zero-order valence-corrected chi connectivity index (χ0v) is 11.7. The molecule has 3 nitrogen and oxygen atoms in total. The van der Waals surface area contributed by atoms with Crippen molar-refractivity contribution in [2.75, 3.05) is 5.32 Å². The smallest absolute Gasteiger partial charge is 0.314 e. The third kappa shape index (κ3) is 3.99. The van der Waals surface area contributed by atoms with Crippen LogP contribution in [0, 0.1) is 13.8 Å². The number of urea groups is 1. The van der Waals surface area contributed by atoms with E-state index < -0.39 is 0 Å². The molecule has 0 aromatic heterocycles. The van der Waals surface area contributed by atoms with Gasteiger partial charge in [-0.25, -0.2) is 4.79 Å². The maximum absolute atomic E-state index is 11.7. The molecule has 3 heteroatoms. The topological polar surface area (TPSA) is 41.1 Å². The minimum absolute atomic E-state index is 0.248. The van der Waals surface area contributed by atoms with E-state index in [1.54, 1.807) is 6.20 Å². The van der Waals surface area contributed by atoms with Crippen LogP contribution in [-0.4, -0.2) is 6.03 Å². The van der Waals surface area contributed by atoms with Crippen molar-refractivity contribution in [3.05, 3.63) is 71.4 Å². The molecule has 0 saturated heterocycles. The van der Waals surface area contributed by atoms with Crippen LogP contribution in [0.5, 0.6) is 0 Å². The molecule has 0 fully saturated rings. The van der Waals surface area contributed by atoms with Crippen LogP contribution in [0.15, 0.2) is 54.7 Å². The van der Waals surface area contributed by atoms with Crippen molar-refractivity contribution in [1.82, 2.24) is 5.32 Å². The van der Waals surface area contributed by atoms with E-state index >= 15 is 0 Å². The van der Waals surface area contributed by atoms with Gasteiger partial charge in [0.2, 0.25) is 0 Å². The van der Waals surface area contributed by atoms with Crippen molar-refractivity contribution in [3.63, 3.8) is 0 Å². The summed E-state index contributed by atoms with van der Waals surface area (Å²) in [5, 5.41) is 5.50. The predicted molar refractivity (Wildman–Crippen MR) is 83.5 cm³/mol. The molecule has 0 unspecified atom stereocenters. The highest BCUT2D eigenvalue weighted by Crippen LogP contribution is 2.12. The zero-order chi connectivity index (χ0) is 14.4. The van der Waals surface area contributed by atoms with Gasteiger partial charge in [0, 0.05) is 11.9 Å². The molecule has 0 saturated carbocycles. The maximum Gasteiger partial charge on any atom is 0.323 e. The molecule has 20 heavy (non-hydrogen) atoms. The molecule has 2 amide bonds. The summed E-state index contributed by atoms with van der Waals surface area (Å²) in [4.78, 5) is 11.7. The summed E-state index contributed by atoms with van der Waals surface area (Å²) in [6, 6.07) is 15.5. The van der Waals surface area contributed by atoms with Crippen LogP contribution in [0.3, 0.4) is 0 Å². The van der Waals surface area contributed by atoms with Gasteiger partial charge in [-0.05, 0) is 37.1 Å². The van der Waals surface area contributed by atoms with Crippen LogP contribution in [-0.2, 0) is 0 Å². The van der Waals surface area contributed by atoms with Crippen LogP contribution in [0.25, 0.3) is 6.08 Å². The highest BCUT2D eigenvalue weighted by atomic mass is 16.2. The van der Waals surface area contributed by atoms with E-state index in [9.17, 15) is 4.79 Å². The number of anilines is 1. The molecule has 0 atom stereocenters. The summed E-state index contributed by atoms with van der Waals surface area (Å²) in [6.45, 7) is 4.00. The fraction of sp³-hybridized carbons (Fsp3) is 0.118. The first-order valence-corrected chi connectivity index (χ1v) is 6.51. The van der Waals surface area contributed by atoms with Gasteiger partial charge in [0.15, 0.2) is 0 Å². The second kappa shape index (κ2) is 6.57. The summed E-state index contributed by atoms with van der Waals surface area (Å²) in [6.07, 6.45) is 3.50. The van der Waals surface area contributed by atoms with Crippen molar-refractivity contribution < 1.29 is 4.79 Å². The summed E-state index contributed by atoms with van der Waals surface area (Å²) < 4.78 is 0. The molecule has 0 radical (unpaired) electrons. The van der Waals surface area contributed by atoms with Crippen LogP contribution in [0.4, 0.5) is 10.5 Å². The highest BCUT2D eigenvalue weighted by Gasteiger charge is 2.00. The number of amides is 2. The van der Waals surface area contributed by atoms with E-state index in [0.29, 0.717) is 0 Å². The average molecular weight is 266 g/mol. The van der Waals surface area contributed by atoms with Gasteiger partial charge in [-0.1, -0.05) is 48.0 Å². The Labute approximate surface area is 119 Å². The summed E-state index contributed by atoms with van der Waals surface area (Å²) >= 11 is 0. The van der Waals surface area contributed by atoms with Crippen LogP contribution in [0.1, 0.15) is 16.7 Å². The number of benzene rings is 2. The Hall–Kier alpha value is -2.55. The molecule has 0 aliphatic carbocycles. The number of hydrogen-bond acceptors (Lipinski definition) is 1. The molecule has 2 N–H and O–H groups in total. The van der Waals surface area contributed by atoms with Gasteiger partial charge in [0.1, 0.15) is 0 Å². The lowest BCUT2D eigenvalue weighted by atomic mass is 10.1. The summed E-state index contributed by atoms with van der Waals surface area (Å²) in [5.74, 6) is 0. The normalized spacial score (nSPS) is 10.5. The molecule has 2 rings (SSSR count). The highest BCUT2D eigenvalue weighted by molar-refractivity contribution is 5.91. The van der Waals surface area contributed by atoms with Crippen LogP contribution < -0.4 is 10.6 Å². The van der Waals surface area contributed by atoms with Gasteiger partial charge in [0.05, 0.1) is 0 Å². The third-order valence-electron chi connectivity index (χ3n) is 2.96. The molecule has 0 bridgehead atoms. The number of hydrogen-bond donors (Lipinski definition) is 2. The summed E-state index contributed by atoms with van der Waals surface area (Å²) in [5.41, 5.74) is 4.11. The van der Waals surface area contributed by atoms with Crippen LogP contribution >= 0.6 is 0 Å². The fourth-order valence-electron chi connectivity index (χ4n) is 1.76. The quantitative estimate of drug-likeness (QED) is 0.863. The fourth-order valence-corrected chi connectivity index (χ4v) is 1.76. The van der Waals surface area contributed by atoms with E-state index in [2.05, 4.69) is 10.6 Å². The Bertz CT molecular complexity index is 615. The molecule has 2 aromatic carbocycles. The average Bonchev–Trinajstić information content (AvgIpc) is 2.44. The van der Waals surface area contributed by atoms with Gasteiger partial charge < -0.3 is 10.6 Å². The minimum Gasteiger partial charge on any atom is -0.314 e. The first-order chi connectivity index (χ1) is 9.65. The molecule has 2 aromatic rings. The van der Waals surface area contributed by atoms with E-state index in [4.69, 9.17) is 0 Å². The number of nitrogens with one attached hydrogen (secondary N) is 2. The lowest BCUT2D eigenvalue weighted by molar-refractivity contribution is 0.255. The van der Waals surface area contributed by atoms with Crippen molar-refractivity contribution in [2.24, 2.45) is 0 Å². The van der Waals surface area contributed by atoms with Gasteiger partial charge in [-0.15, -0.1) is 0 Å². The van der Waals surface area contributed by atoms with Crippen LogP contribution in [0.2, 0.25) is 0 Å². The number of rotatable bonds is 3. The van der Waals surface area contributed by atoms with E-state index in [-0.39, 0.29) is 6.03 Å². The summed E-state index contributed by atoms with van der Waals surface area (Å²) in [7, 11) is 0. The monoisotopic (exact) mass is 266 g/mol. The Morgan fingerprint density at radius 1 is 1.00 bits per heavy atom. The Kier molecular flexibility index (Phi) is 4.56. The zero-order valence-electron chi connectivity index (χ0n) is 11.7. The lowest BCUT2D eigenvalue weighted by Gasteiger charge is -2.07. The van der Waals surface area contributed by atoms with Gasteiger partial charge in [-0.3, -0.25) is 0 Å². The Balaban J connectivity index is 1.89. The van der Waals surface area contributed by atoms with Gasteiger partial charge >= 0.3 is 6.03 Å². The van der Waals surface area contributed by atoms with Crippen molar-refractivity contribution in [2.45, 2.75) is 13.8 Å². The largest absolute Gasteiger partial charge is 0.323 e. The molecule has 0 spiro atoms.